The maximum atomic E-state index is 13.8. The van der Waals surface area contributed by atoms with Crippen molar-refractivity contribution in [1.29, 1.82) is 0 Å². The van der Waals surface area contributed by atoms with Gasteiger partial charge in [-0.15, -0.1) is 0 Å². The number of hydrogen-bond acceptors (Lipinski definition) is 2. The van der Waals surface area contributed by atoms with Crippen LogP contribution in [0.25, 0.3) is 0 Å². The Hall–Kier alpha value is -1.10. The van der Waals surface area contributed by atoms with E-state index in [-0.39, 0.29) is 11.3 Å². The lowest BCUT2D eigenvalue weighted by Crippen LogP contribution is -2.46. The van der Waals surface area contributed by atoms with Crippen LogP contribution in [0.2, 0.25) is 0 Å². The van der Waals surface area contributed by atoms with Crippen LogP contribution in [-0.4, -0.2) is 35.8 Å². The van der Waals surface area contributed by atoms with Gasteiger partial charge in [0, 0.05) is 17.9 Å². The first-order chi connectivity index (χ1) is 8.35. The van der Waals surface area contributed by atoms with Crippen molar-refractivity contribution < 1.29 is 13.9 Å². The first-order valence-electron chi connectivity index (χ1n) is 5.51. The van der Waals surface area contributed by atoms with Crippen molar-refractivity contribution in [2.75, 3.05) is 19.5 Å². The summed E-state index contributed by atoms with van der Waals surface area (Å²) in [5, 5.41) is 0.596. The van der Waals surface area contributed by atoms with Crippen LogP contribution >= 0.6 is 15.9 Å². The Morgan fingerprint density at radius 2 is 2.11 bits per heavy atom. The van der Waals surface area contributed by atoms with Gasteiger partial charge < -0.3 is 9.64 Å². The number of benzene rings is 1. The number of carbonyl (C=O) groups excluding carboxylic acids is 1. The second-order valence-electron chi connectivity index (χ2n) is 4.63. The molecule has 0 aliphatic rings. The third-order valence-corrected chi connectivity index (χ3v) is 4.32. The number of carbonyl (C=O) groups is 1. The van der Waals surface area contributed by atoms with Crippen LogP contribution in [0.15, 0.2) is 18.2 Å². The molecule has 1 amide bonds. The predicted octanol–water partition coefficient (Wildman–Crippen LogP) is 3.08. The van der Waals surface area contributed by atoms with Crippen molar-refractivity contribution in [2.45, 2.75) is 19.4 Å². The van der Waals surface area contributed by atoms with E-state index in [4.69, 9.17) is 4.74 Å². The molecule has 1 aromatic rings. The molecule has 1 aromatic carbocycles. The fourth-order valence-electron chi connectivity index (χ4n) is 1.41. The van der Waals surface area contributed by atoms with E-state index >= 15 is 0 Å². The van der Waals surface area contributed by atoms with E-state index < -0.39 is 17.3 Å². The standard InChI is InChI=1S/C13H17BrFNO2/c1-13(2,8-14)16(3)12(17)11-9(15)6-5-7-10(11)18-4/h5-7H,8H2,1-4H3. The van der Waals surface area contributed by atoms with Gasteiger partial charge in [-0.05, 0) is 26.0 Å². The first-order valence-corrected chi connectivity index (χ1v) is 6.64. The summed E-state index contributed by atoms with van der Waals surface area (Å²) >= 11 is 3.35. The van der Waals surface area contributed by atoms with E-state index in [2.05, 4.69) is 15.9 Å². The summed E-state index contributed by atoms with van der Waals surface area (Å²) in [6, 6.07) is 4.34. The molecule has 0 saturated carbocycles. The Morgan fingerprint density at radius 3 is 2.61 bits per heavy atom. The molecular formula is C13H17BrFNO2. The number of nitrogens with zero attached hydrogens (tertiary/aromatic N) is 1. The summed E-state index contributed by atoms with van der Waals surface area (Å²) in [4.78, 5) is 13.8. The third kappa shape index (κ3) is 2.83. The van der Waals surface area contributed by atoms with Crippen LogP contribution in [0.5, 0.6) is 5.75 Å². The van der Waals surface area contributed by atoms with E-state index in [1.165, 1.54) is 24.1 Å². The summed E-state index contributed by atoms with van der Waals surface area (Å²) in [5.74, 6) is -0.719. The molecule has 0 N–H and O–H groups in total. The molecule has 18 heavy (non-hydrogen) atoms. The molecule has 0 atom stereocenters. The van der Waals surface area contributed by atoms with Gasteiger partial charge in [0.15, 0.2) is 0 Å². The molecule has 100 valence electrons. The van der Waals surface area contributed by atoms with Gasteiger partial charge in [-0.1, -0.05) is 22.0 Å². The molecule has 5 heteroatoms. The van der Waals surface area contributed by atoms with Crippen LogP contribution in [0.4, 0.5) is 4.39 Å². The fraction of sp³-hybridized carbons (Fsp3) is 0.462. The van der Waals surface area contributed by atoms with E-state index in [1.807, 2.05) is 13.8 Å². The lowest BCUT2D eigenvalue weighted by Gasteiger charge is -2.34. The maximum absolute atomic E-state index is 13.8. The van der Waals surface area contributed by atoms with Crippen LogP contribution in [-0.2, 0) is 0 Å². The van der Waals surface area contributed by atoms with Crippen LogP contribution in [0.3, 0.4) is 0 Å². The summed E-state index contributed by atoms with van der Waals surface area (Å²) in [5.41, 5.74) is -0.443. The highest BCUT2D eigenvalue weighted by atomic mass is 79.9. The van der Waals surface area contributed by atoms with Crippen molar-refractivity contribution in [3.63, 3.8) is 0 Å². The largest absolute Gasteiger partial charge is 0.496 e. The topological polar surface area (TPSA) is 29.5 Å². The monoisotopic (exact) mass is 317 g/mol. The molecule has 0 bridgehead atoms. The minimum Gasteiger partial charge on any atom is -0.496 e. The minimum absolute atomic E-state index is 0.0310. The van der Waals surface area contributed by atoms with Gasteiger partial charge in [0.1, 0.15) is 17.1 Å². The average Bonchev–Trinajstić information content (AvgIpc) is 2.36. The average molecular weight is 318 g/mol. The normalized spacial score (nSPS) is 11.2. The molecule has 0 aliphatic heterocycles. The Kier molecular flexibility index (Phi) is 4.73. The second kappa shape index (κ2) is 5.69. The minimum atomic E-state index is -0.573. The Morgan fingerprint density at radius 1 is 1.50 bits per heavy atom. The molecule has 0 fully saturated rings. The summed E-state index contributed by atoms with van der Waals surface area (Å²) in [7, 11) is 3.07. The number of rotatable bonds is 4. The lowest BCUT2D eigenvalue weighted by molar-refractivity contribution is 0.0655. The van der Waals surface area contributed by atoms with Crippen molar-refractivity contribution in [3.8, 4) is 5.75 Å². The summed E-state index contributed by atoms with van der Waals surface area (Å²) in [6.45, 7) is 3.79. The van der Waals surface area contributed by atoms with Gasteiger partial charge in [-0.25, -0.2) is 4.39 Å². The highest BCUT2D eigenvalue weighted by molar-refractivity contribution is 9.09. The fourth-order valence-corrected chi connectivity index (χ4v) is 1.79. The van der Waals surface area contributed by atoms with Crippen LogP contribution in [0, 0.1) is 5.82 Å². The maximum Gasteiger partial charge on any atom is 0.260 e. The van der Waals surface area contributed by atoms with E-state index in [9.17, 15) is 9.18 Å². The molecule has 0 saturated heterocycles. The third-order valence-electron chi connectivity index (χ3n) is 2.95. The van der Waals surface area contributed by atoms with Gasteiger partial charge in [-0.2, -0.15) is 0 Å². The zero-order valence-corrected chi connectivity index (χ0v) is 12.5. The molecule has 0 unspecified atom stereocenters. The molecular weight excluding hydrogens is 301 g/mol. The van der Waals surface area contributed by atoms with E-state index in [0.29, 0.717) is 5.33 Å². The SMILES string of the molecule is COc1cccc(F)c1C(=O)N(C)C(C)(C)CBr. The molecule has 0 aliphatic carbocycles. The predicted molar refractivity (Wildman–Crippen MR) is 72.9 cm³/mol. The van der Waals surface area contributed by atoms with Crippen molar-refractivity contribution in [2.24, 2.45) is 0 Å². The molecule has 0 radical (unpaired) electrons. The Bertz CT molecular complexity index is 449. The highest BCUT2D eigenvalue weighted by Gasteiger charge is 2.30. The summed E-state index contributed by atoms with van der Waals surface area (Å²) < 4.78 is 18.8. The number of methoxy groups -OCH3 is 1. The lowest BCUT2D eigenvalue weighted by atomic mass is 10.0. The van der Waals surface area contributed by atoms with Gasteiger partial charge >= 0.3 is 0 Å². The molecule has 3 nitrogen and oxygen atoms in total. The second-order valence-corrected chi connectivity index (χ2v) is 5.19. The first kappa shape index (κ1) is 15.0. The van der Waals surface area contributed by atoms with Crippen LogP contribution in [0.1, 0.15) is 24.2 Å². The van der Waals surface area contributed by atoms with E-state index in [1.54, 1.807) is 13.1 Å². The Labute approximate surface area is 115 Å². The smallest absolute Gasteiger partial charge is 0.260 e. The molecule has 0 aromatic heterocycles. The van der Waals surface area contributed by atoms with E-state index in [0.717, 1.165) is 0 Å². The zero-order chi connectivity index (χ0) is 13.9. The zero-order valence-electron chi connectivity index (χ0n) is 11.0. The van der Waals surface area contributed by atoms with Gasteiger partial charge in [0.05, 0.1) is 7.11 Å². The number of amides is 1. The molecule has 0 heterocycles. The number of ether oxygens (including phenoxy) is 1. The summed E-state index contributed by atoms with van der Waals surface area (Å²) in [6.07, 6.45) is 0. The Balaban J connectivity index is 3.19. The highest BCUT2D eigenvalue weighted by Crippen LogP contribution is 2.26. The van der Waals surface area contributed by atoms with Crippen molar-refractivity contribution in [3.05, 3.63) is 29.6 Å². The quantitative estimate of drug-likeness (QED) is 0.799. The number of alkyl halides is 1. The van der Waals surface area contributed by atoms with Gasteiger partial charge in [-0.3, -0.25) is 4.79 Å². The van der Waals surface area contributed by atoms with Gasteiger partial charge in [0.2, 0.25) is 0 Å². The van der Waals surface area contributed by atoms with Crippen molar-refractivity contribution >= 4 is 21.8 Å². The number of halogens is 2. The van der Waals surface area contributed by atoms with Crippen LogP contribution < -0.4 is 4.74 Å². The van der Waals surface area contributed by atoms with Gasteiger partial charge in [0.25, 0.3) is 5.91 Å². The molecule has 1 rings (SSSR count). The number of hydrogen-bond donors (Lipinski definition) is 0. The van der Waals surface area contributed by atoms with Crippen molar-refractivity contribution in [1.82, 2.24) is 4.90 Å². The molecule has 0 spiro atoms.